The molecule has 6 nitrogen and oxygen atoms in total. The fraction of sp³-hybridized carbons (Fsp3) is 0.200. The highest BCUT2D eigenvalue weighted by atomic mass is 15.5. The first-order valence-electron chi connectivity index (χ1n) is 6.79. The van der Waals surface area contributed by atoms with Gasteiger partial charge in [0.2, 0.25) is 0 Å². The molecule has 21 heavy (non-hydrogen) atoms. The summed E-state index contributed by atoms with van der Waals surface area (Å²) in [5, 5.41) is 14.7. The average Bonchev–Trinajstić information content (AvgIpc) is 3.08. The van der Waals surface area contributed by atoms with Crippen LogP contribution in [0.15, 0.2) is 55.0 Å². The van der Waals surface area contributed by atoms with Gasteiger partial charge in [-0.2, -0.15) is 0 Å². The first-order chi connectivity index (χ1) is 10.3. The zero-order valence-electron chi connectivity index (χ0n) is 11.7. The molecule has 3 rings (SSSR count). The van der Waals surface area contributed by atoms with Crippen LogP contribution in [0.4, 0.5) is 0 Å². The molecule has 0 aliphatic carbocycles. The highest BCUT2D eigenvalue weighted by Crippen LogP contribution is 2.16. The number of benzene rings is 1. The second-order valence-electron chi connectivity index (χ2n) is 4.77. The number of nitrogens with zero attached hydrogens (tertiary/aromatic N) is 5. The predicted octanol–water partition coefficient (Wildman–Crippen LogP) is 1.91. The molecule has 0 fully saturated rings. The van der Waals surface area contributed by atoms with Crippen LogP contribution in [0.3, 0.4) is 0 Å². The molecule has 0 bridgehead atoms. The normalized spacial score (nSPS) is 12.2. The summed E-state index contributed by atoms with van der Waals surface area (Å²) in [4.78, 5) is 4.31. The Kier molecular flexibility index (Phi) is 3.97. The minimum Gasteiger partial charge on any atom is -0.305 e. The lowest BCUT2D eigenvalue weighted by Crippen LogP contribution is -2.18. The Bertz CT molecular complexity index is 680. The highest BCUT2D eigenvalue weighted by Gasteiger charge is 2.07. The topological polar surface area (TPSA) is 68.5 Å². The van der Waals surface area contributed by atoms with Crippen LogP contribution in [-0.2, 0) is 6.54 Å². The number of pyridine rings is 1. The summed E-state index contributed by atoms with van der Waals surface area (Å²) in [7, 11) is 0. The van der Waals surface area contributed by atoms with Crippen molar-refractivity contribution in [3.05, 3.63) is 66.2 Å². The van der Waals surface area contributed by atoms with E-state index in [2.05, 4.69) is 44.9 Å². The monoisotopic (exact) mass is 280 g/mol. The number of nitrogens with one attached hydrogen (secondary N) is 1. The summed E-state index contributed by atoms with van der Waals surface area (Å²) in [5.41, 5.74) is 3.16. The minimum absolute atomic E-state index is 0.212. The molecule has 0 spiro atoms. The molecule has 2 heterocycles. The van der Waals surface area contributed by atoms with E-state index < -0.39 is 0 Å². The van der Waals surface area contributed by atoms with E-state index in [9.17, 15) is 0 Å². The van der Waals surface area contributed by atoms with Gasteiger partial charge in [-0.05, 0) is 47.2 Å². The maximum atomic E-state index is 4.31. The van der Waals surface area contributed by atoms with Gasteiger partial charge in [-0.3, -0.25) is 4.98 Å². The highest BCUT2D eigenvalue weighted by molar-refractivity contribution is 5.35. The third-order valence-electron chi connectivity index (χ3n) is 3.30. The van der Waals surface area contributed by atoms with Crippen molar-refractivity contribution in [1.29, 1.82) is 0 Å². The maximum absolute atomic E-state index is 4.31. The standard InChI is InChI=1S/C15H16N6/c1-12(17-10-14-6-2-3-8-16-14)13-5-4-7-15(9-13)21-11-18-19-20-21/h2-9,11-12,17H,10H2,1H3. The molecule has 1 aromatic carbocycles. The van der Waals surface area contributed by atoms with Crippen LogP contribution in [0.25, 0.3) is 5.69 Å². The SMILES string of the molecule is CC(NCc1ccccn1)c1cccc(-n2cnnn2)c1. The van der Waals surface area contributed by atoms with Gasteiger partial charge >= 0.3 is 0 Å². The molecule has 6 heteroatoms. The third kappa shape index (κ3) is 3.29. The van der Waals surface area contributed by atoms with Gasteiger partial charge in [-0.1, -0.05) is 18.2 Å². The zero-order valence-corrected chi connectivity index (χ0v) is 11.7. The summed E-state index contributed by atoms with van der Waals surface area (Å²) in [6, 6.07) is 14.3. The van der Waals surface area contributed by atoms with Crippen LogP contribution in [-0.4, -0.2) is 25.2 Å². The van der Waals surface area contributed by atoms with Crippen LogP contribution >= 0.6 is 0 Å². The van der Waals surface area contributed by atoms with Crippen molar-refractivity contribution >= 4 is 0 Å². The molecule has 1 unspecified atom stereocenters. The summed E-state index contributed by atoms with van der Waals surface area (Å²) < 4.78 is 1.65. The molecular formula is C15H16N6. The van der Waals surface area contributed by atoms with Gasteiger partial charge in [-0.15, -0.1) is 5.10 Å². The lowest BCUT2D eigenvalue weighted by molar-refractivity contribution is 0.567. The number of rotatable bonds is 5. The van der Waals surface area contributed by atoms with Crippen molar-refractivity contribution in [1.82, 2.24) is 30.5 Å². The first-order valence-corrected chi connectivity index (χ1v) is 6.79. The Labute approximate surface area is 122 Å². The second kappa shape index (κ2) is 6.23. The Morgan fingerprint density at radius 2 is 2.14 bits per heavy atom. The van der Waals surface area contributed by atoms with Gasteiger partial charge in [0, 0.05) is 18.8 Å². The Morgan fingerprint density at radius 3 is 2.90 bits per heavy atom. The van der Waals surface area contributed by atoms with E-state index in [1.165, 1.54) is 5.56 Å². The van der Waals surface area contributed by atoms with Gasteiger partial charge < -0.3 is 5.32 Å². The maximum Gasteiger partial charge on any atom is 0.143 e. The van der Waals surface area contributed by atoms with Crippen molar-refractivity contribution in [3.8, 4) is 5.69 Å². The Morgan fingerprint density at radius 1 is 1.19 bits per heavy atom. The Hall–Kier alpha value is -2.60. The molecule has 0 aliphatic heterocycles. The van der Waals surface area contributed by atoms with Crippen molar-refractivity contribution in [2.24, 2.45) is 0 Å². The minimum atomic E-state index is 0.212. The van der Waals surface area contributed by atoms with Gasteiger partial charge in [-0.25, -0.2) is 4.68 Å². The fourth-order valence-electron chi connectivity index (χ4n) is 2.09. The smallest absolute Gasteiger partial charge is 0.143 e. The number of hydrogen-bond donors (Lipinski definition) is 1. The molecule has 2 aromatic heterocycles. The van der Waals surface area contributed by atoms with E-state index in [0.717, 1.165) is 17.9 Å². The van der Waals surface area contributed by atoms with Crippen molar-refractivity contribution in [3.63, 3.8) is 0 Å². The summed E-state index contributed by atoms with van der Waals surface area (Å²) in [6.45, 7) is 2.86. The molecule has 3 aromatic rings. The fourth-order valence-corrected chi connectivity index (χ4v) is 2.09. The van der Waals surface area contributed by atoms with Crippen LogP contribution < -0.4 is 5.32 Å². The lowest BCUT2D eigenvalue weighted by Gasteiger charge is -2.15. The number of tetrazole rings is 1. The molecule has 0 saturated carbocycles. The van der Waals surface area contributed by atoms with Crippen LogP contribution in [0, 0.1) is 0 Å². The summed E-state index contributed by atoms with van der Waals surface area (Å²) >= 11 is 0. The van der Waals surface area contributed by atoms with Crippen LogP contribution in [0.5, 0.6) is 0 Å². The molecule has 0 saturated heterocycles. The van der Waals surface area contributed by atoms with E-state index in [1.807, 2.05) is 30.3 Å². The van der Waals surface area contributed by atoms with Gasteiger partial charge in [0.15, 0.2) is 0 Å². The van der Waals surface area contributed by atoms with Crippen molar-refractivity contribution in [2.45, 2.75) is 19.5 Å². The molecular weight excluding hydrogens is 264 g/mol. The van der Waals surface area contributed by atoms with E-state index in [0.29, 0.717) is 0 Å². The number of aromatic nitrogens is 5. The molecule has 1 N–H and O–H groups in total. The largest absolute Gasteiger partial charge is 0.305 e. The Balaban J connectivity index is 1.70. The second-order valence-corrected chi connectivity index (χ2v) is 4.77. The van der Waals surface area contributed by atoms with Gasteiger partial charge in [0.1, 0.15) is 6.33 Å². The van der Waals surface area contributed by atoms with Gasteiger partial charge in [0.25, 0.3) is 0 Å². The first kappa shape index (κ1) is 13.4. The zero-order chi connectivity index (χ0) is 14.5. The van der Waals surface area contributed by atoms with E-state index in [-0.39, 0.29) is 6.04 Å². The molecule has 0 aliphatic rings. The molecule has 0 amide bonds. The van der Waals surface area contributed by atoms with Crippen LogP contribution in [0.1, 0.15) is 24.2 Å². The van der Waals surface area contributed by atoms with E-state index >= 15 is 0 Å². The van der Waals surface area contributed by atoms with E-state index in [4.69, 9.17) is 0 Å². The van der Waals surface area contributed by atoms with Crippen molar-refractivity contribution in [2.75, 3.05) is 0 Å². The number of hydrogen-bond acceptors (Lipinski definition) is 5. The molecule has 1 atom stereocenters. The van der Waals surface area contributed by atoms with Crippen LogP contribution in [0.2, 0.25) is 0 Å². The van der Waals surface area contributed by atoms with Gasteiger partial charge in [0.05, 0.1) is 11.4 Å². The third-order valence-corrected chi connectivity index (χ3v) is 3.30. The van der Waals surface area contributed by atoms with Crippen molar-refractivity contribution < 1.29 is 0 Å². The average molecular weight is 280 g/mol. The summed E-state index contributed by atoms with van der Waals surface area (Å²) in [5.74, 6) is 0. The molecule has 106 valence electrons. The lowest BCUT2D eigenvalue weighted by atomic mass is 10.1. The van der Waals surface area contributed by atoms with E-state index in [1.54, 1.807) is 17.2 Å². The molecule has 0 radical (unpaired) electrons. The quantitative estimate of drug-likeness (QED) is 0.773. The summed E-state index contributed by atoms with van der Waals surface area (Å²) in [6.07, 6.45) is 3.39. The predicted molar refractivity (Wildman–Crippen MR) is 78.6 cm³/mol.